The third-order valence-electron chi connectivity index (χ3n) is 5.53. The van der Waals surface area contributed by atoms with Gasteiger partial charge in [-0.2, -0.15) is 29.8 Å². The molecule has 0 radical (unpaired) electrons. The van der Waals surface area contributed by atoms with Crippen LogP contribution in [0.1, 0.15) is 5.82 Å². The molecule has 4 aromatic heterocycles. The van der Waals surface area contributed by atoms with Crippen molar-refractivity contribution in [3.63, 3.8) is 0 Å². The summed E-state index contributed by atoms with van der Waals surface area (Å²) in [4.78, 5) is 19.5. The predicted octanol–water partition coefficient (Wildman–Crippen LogP) is 3.21. The van der Waals surface area contributed by atoms with Gasteiger partial charge in [0.25, 0.3) is 0 Å². The fourth-order valence-electron chi connectivity index (χ4n) is 3.84. The smallest absolute Gasteiger partial charge is 0.230 e. The Labute approximate surface area is 203 Å². The van der Waals surface area contributed by atoms with Gasteiger partial charge >= 0.3 is 0 Å². The lowest BCUT2D eigenvalue weighted by Crippen LogP contribution is -2.37. The molecule has 1 aliphatic heterocycles. The summed E-state index contributed by atoms with van der Waals surface area (Å²) < 4.78 is 7.17. The van der Waals surface area contributed by atoms with E-state index >= 15 is 0 Å². The lowest BCUT2D eigenvalue weighted by molar-refractivity contribution is 0.122. The average molecular weight is 497 g/mol. The second-order valence-electron chi connectivity index (χ2n) is 7.69. The number of nitrogens with zero attached hydrogens (tertiary/aromatic N) is 8. The second kappa shape index (κ2) is 8.67. The van der Waals surface area contributed by atoms with Crippen LogP contribution in [-0.2, 0) is 11.3 Å². The maximum absolute atomic E-state index is 6.13. The zero-order chi connectivity index (χ0) is 23.1. The van der Waals surface area contributed by atoms with Gasteiger partial charge in [-0.15, -0.1) is 0 Å². The van der Waals surface area contributed by atoms with Gasteiger partial charge in [0.2, 0.25) is 11.9 Å². The van der Waals surface area contributed by atoms with E-state index in [1.807, 2.05) is 6.07 Å². The first kappa shape index (κ1) is 21.0. The summed E-state index contributed by atoms with van der Waals surface area (Å²) in [5.74, 6) is 1.85. The van der Waals surface area contributed by atoms with Gasteiger partial charge < -0.3 is 19.9 Å². The summed E-state index contributed by atoms with van der Waals surface area (Å²) in [6.45, 7) is 3.05. The van der Waals surface area contributed by atoms with Crippen LogP contribution >= 0.6 is 23.2 Å². The summed E-state index contributed by atoms with van der Waals surface area (Å²) in [6.07, 6.45) is 5.08. The van der Waals surface area contributed by atoms with Crippen LogP contribution < -0.4 is 10.2 Å². The van der Waals surface area contributed by atoms with E-state index in [4.69, 9.17) is 37.9 Å². The molecule has 0 saturated carbocycles. The van der Waals surface area contributed by atoms with Gasteiger partial charge in [0, 0.05) is 24.2 Å². The van der Waals surface area contributed by atoms with Crippen molar-refractivity contribution in [3.8, 4) is 11.1 Å². The molecule has 11 nitrogen and oxygen atoms in total. The number of morpholine rings is 1. The van der Waals surface area contributed by atoms with Crippen LogP contribution in [0.4, 0.5) is 11.9 Å². The number of H-pyrrole nitrogens is 1. The fraction of sp³-hybridized carbons (Fsp3) is 0.238. The van der Waals surface area contributed by atoms with Crippen molar-refractivity contribution >= 4 is 51.8 Å². The van der Waals surface area contributed by atoms with Crippen molar-refractivity contribution in [1.29, 1.82) is 0 Å². The second-order valence-corrected chi connectivity index (χ2v) is 8.51. The Balaban J connectivity index is 1.38. The molecule has 0 atom stereocenters. The molecule has 1 aliphatic rings. The van der Waals surface area contributed by atoms with Crippen molar-refractivity contribution in [2.45, 2.75) is 6.54 Å². The Bertz CT molecular complexity index is 1440. The molecule has 0 aliphatic carbocycles. The van der Waals surface area contributed by atoms with Gasteiger partial charge in [-0.3, -0.25) is 0 Å². The monoisotopic (exact) mass is 496 g/mol. The van der Waals surface area contributed by atoms with Gasteiger partial charge in [0.15, 0.2) is 5.65 Å². The molecule has 2 N–H and O–H groups in total. The van der Waals surface area contributed by atoms with E-state index in [1.54, 1.807) is 35.2 Å². The Hall–Kier alpha value is -3.54. The van der Waals surface area contributed by atoms with Crippen LogP contribution in [0.5, 0.6) is 0 Å². The molecule has 13 heteroatoms. The number of fused-ring (bicyclic) bond motifs is 2. The van der Waals surface area contributed by atoms with Crippen molar-refractivity contribution in [3.05, 3.63) is 52.7 Å². The zero-order valence-corrected chi connectivity index (χ0v) is 19.3. The number of anilines is 2. The minimum absolute atomic E-state index is 0.380. The Morgan fingerprint density at radius 3 is 2.71 bits per heavy atom. The van der Waals surface area contributed by atoms with E-state index in [2.05, 4.69) is 35.5 Å². The molecule has 5 aromatic rings. The molecule has 0 amide bonds. The Morgan fingerprint density at radius 1 is 1.03 bits per heavy atom. The van der Waals surface area contributed by atoms with Crippen LogP contribution in [0, 0.1) is 0 Å². The minimum atomic E-state index is 0.380. The number of hydrogen-bond acceptors (Lipinski definition) is 9. The van der Waals surface area contributed by atoms with E-state index in [-0.39, 0.29) is 0 Å². The van der Waals surface area contributed by atoms with E-state index in [0.717, 1.165) is 22.2 Å². The summed E-state index contributed by atoms with van der Waals surface area (Å²) in [7, 11) is 0. The number of ether oxygens (including phenoxy) is 1. The topological polar surface area (TPSA) is 122 Å². The molecule has 5 heterocycles. The molecule has 1 fully saturated rings. The van der Waals surface area contributed by atoms with Crippen LogP contribution in [0.2, 0.25) is 10.0 Å². The highest BCUT2D eigenvalue weighted by Crippen LogP contribution is 2.28. The van der Waals surface area contributed by atoms with Gasteiger partial charge in [-0.1, -0.05) is 23.2 Å². The molecule has 172 valence electrons. The summed E-state index contributed by atoms with van der Waals surface area (Å²) in [5.41, 5.74) is 3.91. The number of rotatable bonds is 5. The number of halogens is 2. The predicted molar refractivity (Wildman–Crippen MR) is 128 cm³/mol. The molecule has 0 bridgehead atoms. The molecule has 1 aromatic carbocycles. The number of hydrogen-bond donors (Lipinski definition) is 2. The molecule has 6 rings (SSSR count). The normalized spacial score (nSPS) is 14.2. The molecule has 0 unspecified atom stereocenters. The fourth-order valence-corrected chi connectivity index (χ4v) is 4.17. The number of benzene rings is 1. The third kappa shape index (κ3) is 3.87. The Morgan fingerprint density at radius 2 is 1.88 bits per heavy atom. The first-order chi connectivity index (χ1) is 16.7. The van der Waals surface area contributed by atoms with Crippen molar-refractivity contribution in [2.75, 3.05) is 36.5 Å². The molecular weight excluding hydrogens is 479 g/mol. The lowest BCUT2D eigenvalue weighted by Gasteiger charge is -2.27. The lowest BCUT2D eigenvalue weighted by atomic mass is 10.2. The summed E-state index contributed by atoms with van der Waals surface area (Å²) >= 11 is 12.3. The van der Waals surface area contributed by atoms with E-state index < -0.39 is 0 Å². The van der Waals surface area contributed by atoms with Gasteiger partial charge in [-0.25, -0.2) is 4.98 Å². The first-order valence-electron chi connectivity index (χ1n) is 10.6. The molecule has 0 spiro atoms. The van der Waals surface area contributed by atoms with Crippen LogP contribution in [-0.4, -0.2) is 66.1 Å². The van der Waals surface area contributed by atoms with Gasteiger partial charge in [0.1, 0.15) is 5.82 Å². The highest BCUT2D eigenvalue weighted by molar-refractivity contribution is 6.42. The maximum atomic E-state index is 6.13. The van der Waals surface area contributed by atoms with Gasteiger partial charge in [-0.05, 0) is 18.2 Å². The quantitative estimate of drug-likeness (QED) is 0.377. The van der Waals surface area contributed by atoms with Crippen molar-refractivity contribution < 1.29 is 4.74 Å². The number of nitrogens with one attached hydrogen (secondary N) is 2. The third-order valence-corrected chi connectivity index (χ3v) is 6.25. The first-order valence-corrected chi connectivity index (χ1v) is 11.3. The minimum Gasteiger partial charge on any atom is -0.378 e. The molecule has 1 saturated heterocycles. The average Bonchev–Trinajstić information content (AvgIpc) is 3.47. The molecular formula is C21H18Cl2N10O. The van der Waals surface area contributed by atoms with Crippen LogP contribution in [0.15, 0.2) is 36.8 Å². The van der Waals surface area contributed by atoms with Crippen molar-refractivity contribution in [1.82, 2.24) is 39.7 Å². The number of imidazole rings is 1. The van der Waals surface area contributed by atoms with Crippen LogP contribution in [0.3, 0.4) is 0 Å². The SMILES string of the molecule is Clc1cc2nc(CNc3nc(N4CCOCC4)nc4c(-c5ccnnc5)cnn34)[nH]c2cc1Cl. The maximum Gasteiger partial charge on any atom is 0.230 e. The standard InChI is InChI=1S/C21H18Cl2N10O/c22-14-7-16-17(8-15(14)23)29-18(28-16)11-24-20-31-21(32-3-5-34-6-4-32)30-19-13(10-27-33(19)20)12-1-2-25-26-9-12/h1-2,7-10H,3-6,11H2,(H,28,29)(H,24,30,31). The van der Waals surface area contributed by atoms with E-state index in [9.17, 15) is 0 Å². The highest BCUT2D eigenvalue weighted by atomic mass is 35.5. The summed E-state index contributed by atoms with van der Waals surface area (Å²) in [5, 5.41) is 16.7. The van der Waals surface area contributed by atoms with E-state index in [0.29, 0.717) is 66.3 Å². The van der Waals surface area contributed by atoms with Gasteiger partial charge in [0.05, 0.1) is 59.4 Å². The Kier molecular flexibility index (Phi) is 5.36. The number of aromatic amines is 1. The number of aromatic nitrogens is 8. The van der Waals surface area contributed by atoms with E-state index in [1.165, 1.54) is 0 Å². The zero-order valence-electron chi connectivity index (χ0n) is 17.7. The van der Waals surface area contributed by atoms with Crippen LogP contribution in [0.25, 0.3) is 27.8 Å². The van der Waals surface area contributed by atoms with Crippen molar-refractivity contribution in [2.24, 2.45) is 0 Å². The largest absolute Gasteiger partial charge is 0.378 e. The molecule has 34 heavy (non-hydrogen) atoms. The summed E-state index contributed by atoms with van der Waals surface area (Å²) in [6, 6.07) is 5.37. The highest BCUT2D eigenvalue weighted by Gasteiger charge is 2.20.